The van der Waals surface area contributed by atoms with Crippen molar-refractivity contribution >= 4 is 5.97 Å². The summed E-state index contributed by atoms with van der Waals surface area (Å²) in [5.41, 5.74) is 0.286. The fourth-order valence-electron chi connectivity index (χ4n) is 3.32. The molecule has 4 heteroatoms. The molecular formula is C14H19NO3. The molecule has 4 nitrogen and oxygen atoms in total. The van der Waals surface area contributed by atoms with Gasteiger partial charge in [0.15, 0.2) is 5.89 Å². The quantitative estimate of drug-likeness (QED) is 0.874. The molecule has 0 saturated heterocycles. The number of rotatable bonds is 2. The average Bonchev–Trinajstić information content (AvgIpc) is 2.72. The molecule has 2 aliphatic rings. The van der Waals surface area contributed by atoms with E-state index in [9.17, 15) is 9.90 Å². The Hall–Kier alpha value is -1.32. The summed E-state index contributed by atoms with van der Waals surface area (Å²) in [4.78, 5) is 15.7. The molecule has 0 aromatic carbocycles. The van der Waals surface area contributed by atoms with Gasteiger partial charge in [0.05, 0.1) is 5.69 Å². The molecule has 0 amide bonds. The van der Waals surface area contributed by atoms with Gasteiger partial charge in [0.2, 0.25) is 5.76 Å². The van der Waals surface area contributed by atoms with Crippen LogP contribution in [0.1, 0.15) is 68.1 Å². The summed E-state index contributed by atoms with van der Waals surface area (Å²) >= 11 is 0. The minimum Gasteiger partial charge on any atom is -0.475 e. The standard InChI is InChI=1S/C14H19NO3/c1-14(2,3)11-10(13(16)17)18-12(15-11)9-7-5-4-6-8(7)9/h7-9H,4-6H2,1-3H3,(H,16,17). The summed E-state index contributed by atoms with van der Waals surface area (Å²) in [6.07, 6.45) is 3.78. The predicted octanol–water partition coefficient (Wildman–Crippen LogP) is 3.18. The van der Waals surface area contributed by atoms with Gasteiger partial charge in [-0.1, -0.05) is 27.2 Å². The lowest BCUT2D eigenvalue weighted by Gasteiger charge is -2.14. The van der Waals surface area contributed by atoms with Gasteiger partial charge in [0, 0.05) is 11.3 Å². The molecule has 0 radical (unpaired) electrons. The number of aromatic nitrogens is 1. The van der Waals surface area contributed by atoms with Crippen molar-refractivity contribution in [3.05, 3.63) is 17.3 Å². The Balaban J connectivity index is 1.96. The number of hydrogen-bond acceptors (Lipinski definition) is 3. The summed E-state index contributed by atoms with van der Waals surface area (Å²) < 4.78 is 5.55. The number of nitrogens with zero attached hydrogens (tertiary/aromatic N) is 1. The molecule has 98 valence electrons. The van der Waals surface area contributed by atoms with Crippen LogP contribution in [0.3, 0.4) is 0 Å². The summed E-state index contributed by atoms with van der Waals surface area (Å²) in [7, 11) is 0. The Morgan fingerprint density at radius 2 is 1.94 bits per heavy atom. The number of aromatic carboxylic acids is 1. The zero-order valence-electron chi connectivity index (χ0n) is 11.1. The highest BCUT2D eigenvalue weighted by molar-refractivity contribution is 5.86. The maximum Gasteiger partial charge on any atom is 0.373 e. The largest absolute Gasteiger partial charge is 0.475 e. The lowest BCUT2D eigenvalue weighted by atomic mass is 9.91. The van der Waals surface area contributed by atoms with Crippen LogP contribution in [0.4, 0.5) is 0 Å². The Morgan fingerprint density at radius 1 is 1.33 bits per heavy atom. The van der Waals surface area contributed by atoms with E-state index in [1.807, 2.05) is 20.8 Å². The van der Waals surface area contributed by atoms with E-state index in [1.54, 1.807) is 0 Å². The first-order chi connectivity index (χ1) is 8.39. The lowest BCUT2D eigenvalue weighted by molar-refractivity contribution is 0.0656. The molecule has 1 heterocycles. The Kier molecular flexibility index (Phi) is 2.34. The van der Waals surface area contributed by atoms with Crippen LogP contribution in [0.15, 0.2) is 4.42 Å². The molecule has 1 aromatic heterocycles. The van der Waals surface area contributed by atoms with Crippen LogP contribution < -0.4 is 0 Å². The highest BCUT2D eigenvalue weighted by Gasteiger charge is 2.56. The normalized spacial score (nSPS) is 30.3. The van der Waals surface area contributed by atoms with E-state index >= 15 is 0 Å². The number of fused-ring (bicyclic) bond motifs is 1. The second kappa shape index (κ2) is 3.59. The molecular weight excluding hydrogens is 230 g/mol. The molecule has 0 spiro atoms. The molecule has 2 atom stereocenters. The van der Waals surface area contributed by atoms with Gasteiger partial charge in [-0.2, -0.15) is 0 Å². The van der Waals surface area contributed by atoms with Crippen molar-refractivity contribution in [1.29, 1.82) is 0 Å². The number of carboxylic acid groups (broad SMARTS) is 1. The van der Waals surface area contributed by atoms with Crippen LogP contribution in [0.25, 0.3) is 0 Å². The van der Waals surface area contributed by atoms with Crippen molar-refractivity contribution in [3.8, 4) is 0 Å². The van der Waals surface area contributed by atoms with Crippen molar-refractivity contribution in [2.45, 2.75) is 51.4 Å². The van der Waals surface area contributed by atoms with Gasteiger partial charge >= 0.3 is 5.97 Å². The maximum atomic E-state index is 11.2. The van der Waals surface area contributed by atoms with Crippen LogP contribution >= 0.6 is 0 Å². The average molecular weight is 249 g/mol. The number of carbonyl (C=O) groups is 1. The first-order valence-corrected chi connectivity index (χ1v) is 6.64. The van der Waals surface area contributed by atoms with Crippen LogP contribution in [-0.2, 0) is 5.41 Å². The Bertz CT molecular complexity index is 488. The third kappa shape index (κ3) is 1.66. The molecule has 2 saturated carbocycles. The van der Waals surface area contributed by atoms with Crippen molar-refractivity contribution in [2.24, 2.45) is 11.8 Å². The highest BCUT2D eigenvalue weighted by atomic mass is 16.4. The molecule has 2 unspecified atom stereocenters. The van der Waals surface area contributed by atoms with Gasteiger partial charge in [-0.05, 0) is 24.7 Å². The minimum atomic E-state index is -1.01. The number of hydrogen-bond donors (Lipinski definition) is 1. The maximum absolute atomic E-state index is 11.2. The summed E-state index contributed by atoms with van der Waals surface area (Å²) in [5, 5.41) is 9.21. The summed E-state index contributed by atoms with van der Waals surface area (Å²) in [6.45, 7) is 5.90. The summed E-state index contributed by atoms with van der Waals surface area (Å²) in [5.74, 6) is 1.45. The van der Waals surface area contributed by atoms with Crippen molar-refractivity contribution in [1.82, 2.24) is 4.98 Å². The smallest absolute Gasteiger partial charge is 0.373 e. The van der Waals surface area contributed by atoms with Gasteiger partial charge in [0.25, 0.3) is 0 Å². The van der Waals surface area contributed by atoms with Crippen LogP contribution in [-0.4, -0.2) is 16.1 Å². The number of oxazole rings is 1. The topological polar surface area (TPSA) is 63.3 Å². The van der Waals surface area contributed by atoms with Crippen LogP contribution in [0.2, 0.25) is 0 Å². The molecule has 1 N–H and O–H groups in total. The SMILES string of the molecule is CC(C)(C)c1nc(C2C3CCCC32)oc1C(=O)O. The number of carboxylic acids is 1. The summed E-state index contributed by atoms with van der Waals surface area (Å²) in [6, 6.07) is 0. The van der Waals surface area contributed by atoms with E-state index < -0.39 is 5.97 Å². The van der Waals surface area contributed by atoms with E-state index in [0.29, 0.717) is 29.3 Å². The van der Waals surface area contributed by atoms with E-state index in [1.165, 1.54) is 19.3 Å². The Labute approximate surface area is 106 Å². The molecule has 3 rings (SSSR count). The van der Waals surface area contributed by atoms with Gasteiger partial charge in [-0.3, -0.25) is 0 Å². The van der Waals surface area contributed by atoms with E-state index in [0.717, 1.165) is 0 Å². The fraction of sp³-hybridized carbons (Fsp3) is 0.714. The fourth-order valence-corrected chi connectivity index (χ4v) is 3.32. The van der Waals surface area contributed by atoms with E-state index in [-0.39, 0.29) is 11.2 Å². The second-order valence-electron chi connectivity index (χ2n) is 6.57. The van der Waals surface area contributed by atoms with Crippen molar-refractivity contribution < 1.29 is 14.3 Å². The van der Waals surface area contributed by atoms with Gasteiger partial charge in [-0.15, -0.1) is 0 Å². The minimum absolute atomic E-state index is 0.0301. The van der Waals surface area contributed by atoms with E-state index in [4.69, 9.17) is 4.42 Å². The highest BCUT2D eigenvalue weighted by Crippen LogP contribution is 2.63. The van der Waals surface area contributed by atoms with Gasteiger partial charge in [0.1, 0.15) is 0 Å². The monoisotopic (exact) mass is 249 g/mol. The van der Waals surface area contributed by atoms with Crippen molar-refractivity contribution in [2.75, 3.05) is 0 Å². The van der Waals surface area contributed by atoms with Crippen LogP contribution in [0.5, 0.6) is 0 Å². The van der Waals surface area contributed by atoms with Crippen molar-refractivity contribution in [3.63, 3.8) is 0 Å². The lowest BCUT2D eigenvalue weighted by Crippen LogP contribution is -2.16. The van der Waals surface area contributed by atoms with Gasteiger partial charge in [-0.25, -0.2) is 9.78 Å². The first kappa shape index (κ1) is 11.8. The second-order valence-corrected chi connectivity index (χ2v) is 6.57. The predicted molar refractivity (Wildman–Crippen MR) is 65.7 cm³/mol. The molecule has 2 aliphatic carbocycles. The first-order valence-electron chi connectivity index (χ1n) is 6.64. The Morgan fingerprint density at radius 3 is 2.39 bits per heavy atom. The van der Waals surface area contributed by atoms with Crippen LogP contribution in [0, 0.1) is 11.8 Å². The molecule has 2 fully saturated rings. The zero-order chi connectivity index (χ0) is 13.1. The zero-order valence-corrected chi connectivity index (χ0v) is 11.1. The molecule has 18 heavy (non-hydrogen) atoms. The molecule has 0 bridgehead atoms. The van der Waals surface area contributed by atoms with Gasteiger partial charge < -0.3 is 9.52 Å². The third-order valence-corrected chi connectivity index (χ3v) is 4.24. The molecule has 0 aliphatic heterocycles. The van der Waals surface area contributed by atoms with E-state index in [2.05, 4.69) is 4.98 Å². The molecule has 1 aromatic rings. The third-order valence-electron chi connectivity index (χ3n) is 4.24.